The van der Waals surface area contributed by atoms with Crippen molar-refractivity contribution in [1.82, 2.24) is 10.1 Å². The van der Waals surface area contributed by atoms with Gasteiger partial charge in [-0.15, -0.1) is 0 Å². The van der Waals surface area contributed by atoms with Gasteiger partial charge < -0.3 is 15.4 Å². The van der Waals surface area contributed by atoms with Gasteiger partial charge in [0, 0.05) is 5.56 Å². The molecule has 1 aromatic heterocycles. The number of nitro benzene ring substituents is 1. The van der Waals surface area contributed by atoms with Gasteiger partial charge in [-0.2, -0.15) is 4.98 Å². The van der Waals surface area contributed by atoms with Crippen LogP contribution in [0.25, 0.3) is 11.5 Å². The van der Waals surface area contributed by atoms with Crippen molar-refractivity contribution >= 4 is 5.69 Å². The number of benzene rings is 1. The maximum atomic E-state index is 11.1. The van der Waals surface area contributed by atoms with Crippen LogP contribution in [0.5, 0.6) is 0 Å². The first-order chi connectivity index (χ1) is 9.04. The van der Waals surface area contributed by atoms with E-state index in [1.54, 1.807) is 19.1 Å². The summed E-state index contributed by atoms with van der Waals surface area (Å²) in [4.78, 5) is 14.5. The van der Waals surface area contributed by atoms with Gasteiger partial charge in [-0.05, 0) is 13.0 Å². The molecular weight excluding hydrogens is 252 g/mol. The molecule has 1 unspecified atom stereocenters. The summed E-state index contributed by atoms with van der Waals surface area (Å²) in [6.07, 6.45) is 0. The van der Waals surface area contributed by atoms with Gasteiger partial charge in [0.25, 0.3) is 11.6 Å². The van der Waals surface area contributed by atoms with E-state index in [0.29, 0.717) is 5.56 Å². The third-order valence-electron chi connectivity index (χ3n) is 2.62. The van der Waals surface area contributed by atoms with E-state index in [2.05, 4.69) is 10.1 Å². The molecule has 0 aliphatic rings. The third kappa shape index (κ3) is 2.44. The lowest BCUT2D eigenvalue weighted by molar-refractivity contribution is -0.384. The maximum absolute atomic E-state index is 11.1. The highest BCUT2D eigenvalue weighted by Gasteiger charge is 2.23. The summed E-state index contributed by atoms with van der Waals surface area (Å²) >= 11 is 0. The SMILES string of the molecule is Cc1cccc(-c2nc(C(N)CO)no2)c1[N+](=O)[O-]. The molecule has 19 heavy (non-hydrogen) atoms. The molecule has 8 heteroatoms. The van der Waals surface area contributed by atoms with Crippen LogP contribution in [0.3, 0.4) is 0 Å². The molecule has 1 aromatic carbocycles. The number of hydrogen-bond donors (Lipinski definition) is 2. The van der Waals surface area contributed by atoms with Gasteiger partial charge in [0.05, 0.1) is 17.6 Å². The Morgan fingerprint density at radius 1 is 1.58 bits per heavy atom. The summed E-state index contributed by atoms with van der Waals surface area (Å²) in [6.45, 7) is 1.28. The van der Waals surface area contributed by atoms with E-state index in [9.17, 15) is 10.1 Å². The van der Waals surface area contributed by atoms with Gasteiger partial charge in [0.2, 0.25) is 0 Å². The molecule has 0 spiro atoms. The molecule has 100 valence electrons. The van der Waals surface area contributed by atoms with Crippen LogP contribution < -0.4 is 5.73 Å². The van der Waals surface area contributed by atoms with Crippen LogP contribution in [-0.4, -0.2) is 26.8 Å². The van der Waals surface area contributed by atoms with Crippen molar-refractivity contribution in [2.75, 3.05) is 6.61 Å². The number of para-hydroxylation sites is 1. The minimum Gasteiger partial charge on any atom is -0.394 e. The standard InChI is InChI=1S/C11H12N4O4/c1-6-3-2-4-7(9(6)15(17)18)11-13-10(14-19-11)8(12)5-16/h2-4,8,16H,5,12H2,1H3. The Labute approximate surface area is 108 Å². The Balaban J connectivity index is 2.50. The average molecular weight is 264 g/mol. The minimum atomic E-state index is -0.777. The van der Waals surface area contributed by atoms with E-state index < -0.39 is 11.0 Å². The first kappa shape index (κ1) is 13.1. The molecule has 0 radical (unpaired) electrons. The number of aryl methyl sites for hydroxylation is 1. The van der Waals surface area contributed by atoms with Crippen LogP contribution in [0.15, 0.2) is 22.7 Å². The predicted molar refractivity (Wildman–Crippen MR) is 65.1 cm³/mol. The minimum absolute atomic E-state index is 0.00861. The molecule has 1 atom stereocenters. The second-order valence-electron chi connectivity index (χ2n) is 3.97. The van der Waals surface area contributed by atoms with E-state index in [4.69, 9.17) is 15.4 Å². The zero-order valence-electron chi connectivity index (χ0n) is 10.1. The number of aliphatic hydroxyl groups is 1. The number of nitro groups is 1. The molecule has 0 bridgehead atoms. The summed E-state index contributed by atoms with van der Waals surface area (Å²) < 4.78 is 4.96. The Morgan fingerprint density at radius 3 is 2.95 bits per heavy atom. The van der Waals surface area contributed by atoms with Crippen molar-refractivity contribution in [3.63, 3.8) is 0 Å². The van der Waals surface area contributed by atoms with E-state index in [-0.39, 0.29) is 29.6 Å². The second kappa shape index (κ2) is 5.12. The summed E-state index contributed by atoms with van der Waals surface area (Å²) in [5.41, 5.74) is 6.18. The van der Waals surface area contributed by atoms with Gasteiger partial charge in [-0.3, -0.25) is 10.1 Å². The van der Waals surface area contributed by atoms with Gasteiger partial charge in [0.15, 0.2) is 5.82 Å². The molecule has 0 fully saturated rings. The lowest BCUT2D eigenvalue weighted by Crippen LogP contribution is -2.15. The molecule has 1 heterocycles. The van der Waals surface area contributed by atoms with E-state index in [1.807, 2.05) is 0 Å². The zero-order chi connectivity index (χ0) is 14.0. The molecule has 2 aromatic rings. The van der Waals surface area contributed by atoms with Crippen LogP contribution >= 0.6 is 0 Å². The Morgan fingerprint density at radius 2 is 2.32 bits per heavy atom. The predicted octanol–water partition coefficient (Wildman–Crippen LogP) is 0.945. The van der Waals surface area contributed by atoms with Crippen LogP contribution in [-0.2, 0) is 0 Å². The van der Waals surface area contributed by atoms with Crippen molar-refractivity contribution < 1.29 is 14.6 Å². The molecular formula is C11H12N4O4. The van der Waals surface area contributed by atoms with E-state index in [1.165, 1.54) is 6.07 Å². The molecule has 2 rings (SSSR count). The number of aromatic nitrogens is 2. The number of nitrogens with zero attached hydrogens (tertiary/aromatic N) is 3. The van der Waals surface area contributed by atoms with Gasteiger partial charge in [-0.25, -0.2) is 0 Å². The Hall–Kier alpha value is -2.32. The van der Waals surface area contributed by atoms with Gasteiger partial charge >= 0.3 is 0 Å². The first-order valence-electron chi connectivity index (χ1n) is 5.49. The van der Waals surface area contributed by atoms with Crippen molar-refractivity contribution in [3.8, 4) is 11.5 Å². The van der Waals surface area contributed by atoms with Crippen molar-refractivity contribution in [1.29, 1.82) is 0 Å². The quantitative estimate of drug-likeness (QED) is 0.621. The van der Waals surface area contributed by atoms with E-state index >= 15 is 0 Å². The van der Waals surface area contributed by atoms with Crippen molar-refractivity contribution in [2.45, 2.75) is 13.0 Å². The fraction of sp³-hybridized carbons (Fsp3) is 0.273. The fourth-order valence-electron chi connectivity index (χ4n) is 1.65. The molecule has 0 saturated carbocycles. The average Bonchev–Trinajstić information content (AvgIpc) is 2.86. The van der Waals surface area contributed by atoms with Gasteiger partial charge in [-0.1, -0.05) is 17.3 Å². The first-order valence-corrected chi connectivity index (χ1v) is 5.49. The lowest BCUT2D eigenvalue weighted by Gasteiger charge is -2.01. The molecule has 8 nitrogen and oxygen atoms in total. The number of nitrogens with two attached hydrogens (primary N) is 1. The van der Waals surface area contributed by atoms with Crippen LogP contribution in [0.1, 0.15) is 17.4 Å². The third-order valence-corrected chi connectivity index (χ3v) is 2.62. The summed E-state index contributed by atoms with van der Waals surface area (Å²) in [7, 11) is 0. The molecule has 0 aliphatic carbocycles. The fourth-order valence-corrected chi connectivity index (χ4v) is 1.65. The second-order valence-corrected chi connectivity index (χ2v) is 3.97. The van der Waals surface area contributed by atoms with Crippen LogP contribution in [0.4, 0.5) is 5.69 Å². The largest absolute Gasteiger partial charge is 0.394 e. The molecule has 0 amide bonds. The Bertz CT molecular complexity index is 610. The number of aliphatic hydroxyl groups excluding tert-OH is 1. The van der Waals surface area contributed by atoms with Crippen LogP contribution in [0.2, 0.25) is 0 Å². The Kier molecular flexibility index (Phi) is 3.54. The summed E-state index contributed by atoms with van der Waals surface area (Å²) in [5, 5.41) is 23.6. The summed E-state index contributed by atoms with van der Waals surface area (Å²) in [6, 6.07) is 4.03. The maximum Gasteiger partial charge on any atom is 0.285 e. The zero-order valence-corrected chi connectivity index (χ0v) is 10.1. The lowest BCUT2D eigenvalue weighted by atomic mass is 10.1. The highest BCUT2D eigenvalue weighted by Crippen LogP contribution is 2.31. The highest BCUT2D eigenvalue weighted by molar-refractivity contribution is 5.69. The highest BCUT2D eigenvalue weighted by atomic mass is 16.6. The molecule has 0 saturated heterocycles. The molecule has 3 N–H and O–H groups in total. The number of rotatable bonds is 4. The number of hydrogen-bond acceptors (Lipinski definition) is 7. The normalized spacial score (nSPS) is 12.4. The molecule has 0 aliphatic heterocycles. The van der Waals surface area contributed by atoms with Gasteiger partial charge in [0.1, 0.15) is 5.56 Å². The van der Waals surface area contributed by atoms with Crippen molar-refractivity contribution in [3.05, 3.63) is 39.7 Å². The topological polar surface area (TPSA) is 128 Å². The monoisotopic (exact) mass is 264 g/mol. The van der Waals surface area contributed by atoms with E-state index in [0.717, 1.165) is 0 Å². The van der Waals surface area contributed by atoms with Crippen molar-refractivity contribution in [2.24, 2.45) is 5.73 Å². The smallest absolute Gasteiger partial charge is 0.285 e. The summed E-state index contributed by atoms with van der Waals surface area (Å²) in [5.74, 6) is 0.114. The van der Waals surface area contributed by atoms with Crippen LogP contribution in [0, 0.1) is 17.0 Å².